The van der Waals surface area contributed by atoms with Crippen LogP contribution in [0.25, 0.3) is 11.5 Å². The molecule has 0 atom stereocenters. The largest absolute Gasteiger partial charge is 0.383 e. The lowest BCUT2D eigenvalue weighted by molar-refractivity contribution is 0.425. The van der Waals surface area contributed by atoms with E-state index in [1.165, 1.54) is 0 Å². The van der Waals surface area contributed by atoms with Crippen LogP contribution >= 0.6 is 11.8 Å². The number of nitrogens with zero attached hydrogens (tertiary/aromatic N) is 4. The Bertz CT molecular complexity index is 478. The average Bonchev–Trinajstić information content (AvgIpc) is 2.85. The minimum atomic E-state index is 0.428. The fraction of sp³-hybridized carbons (Fsp3) is 0.444. The van der Waals surface area contributed by atoms with E-state index >= 15 is 0 Å². The summed E-state index contributed by atoms with van der Waals surface area (Å²) in [6.07, 6.45) is 1.62. The summed E-state index contributed by atoms with van der Waals surface area (Å²) in [5, 5.41) is 7.90. The number of aryl methyl sites for hydroxylation is 1. The predicted molar refractivity (Wildman–Crippen MR) is 62.7 cm³/mol. The molecule has 2 aromatic heterocycles. The Morgan fingerprint density at radius 2 is 2.38 bits per heavy atom. The molecule has 0 spiro atoms. The highest BCUT2D eigenvalue weighted by molar-refractivity contribution is 7.98. The molecule has 0 aliphatic heterocycles. The van der Waals surface area contributed by atoms with Crippen LogP contribution < -0.4 is 5.73 Å². The minimum Gasteiger partial charge on any atom is -0.383 e. The maximum absolute atomic E-state index is 5.81. The molecule has 0 saturated heterocycles. The van der Waals surface area contributed by atoms with Gasteiger partial charge in [0, 0.05) is 7.05 Å². The fourth-order valence-corrected chi connectivity index (χ4v) is 1.73. The van der Waals surface area contributed by atoms with E-state index in [2.05, 4.69) is 22.2 Å². The molecule has 0 radical (unpaired) electrons. The van der Waals surface area contributed by atoms with Crippen molar-refractivity contribution in [3.63, 3.8) is 0 Å². The van der Waals surface area contributed by atoms with E-state index in [0.29, 0.717) is 23.1 Å². The van der Waals surface area contributed by atoms with E-state index < -0.39 is 0 Å². The maximum Gasteiger partial charge on any atom is 0.263 e. The second kappa shape index (κ2) is 4.56. The maximum atomic E-state index is 5.81. The average molecular weight is 239 g/mol. The van der Waals surface area contributed by atoms with E-state index in [9.17, 15) is 0 Å². The van der Waals surface area contributed by atoms with Crippen LogP contribution in [-0.2, 0) is 12.8 Å². The van der Waals surface area contributed by atoms with Gasteiger partial charge >= 0.3 is 0 Å². The van der Waals surface area contributed by atoms with Gasteiger partial charge in [-0.2, -0.15) is 21.8 Å². The molecule has 2 aromatic rings. The lowest BCUT2D eigenvalue weighted by Gasteiger charge is -1.93. The van der Waals surface area contributed by atoms with Gasteiger partial charge in [0.2, 0.25) is 0 Å². The zero-order valence-corrected chi connectivity index (χ0v) is 9.99. The first-order valence-electron chi connectivity index (χ1n) is 4.90. The van der Waals surface area contributed by atoms with Crippen LogP contribution in [0.2, 0.25) is 0 Å². The number of hydrogen-bond acceptors (Lipinski definition) is 6. The van der Waals surface area contributed by atoms with Crippen LogP contribution in [0, 0.1) is 0 Å². The van der Waals surface area contributed by atoms with E-state index in [1.54, 1.807) is 29.7 Å². The van der Waals surface area contributed by atoms with Crippen molar-refractivity contribution in [2.75, 3.05) is 11.5 Å². The second-order valence-electron chi connectivity index (χ2n) is 3.22. The topological polar surface area (TPSA) is 82.8 Å². The van der Waals surface area contributed by atoms with Crippen LogP contribution in [0.4, 0.5) is 5.82 Å². The first-order chi connectivity index (χ1) is 7.72. The highest BCUT2D eigenvalue weighted by Crippen LogP contribution is 2.23. The first kappa shape index (κ1) is 11.0. The van der Waals surface area contributed by atoms with Gasteiger partial charge < -0.3 is 10.3 Å². The van der Waals surface area contributed by atoms with Gasteiger partial charge in [-0.3, -0.25) is 4.68 Å². The monoisotopic (exact) mass is 239 g/mol. The normalized spacial score (nSPS) is 10.9. The standard InChI is InChI=1S/C9H13N5OS/c1-3-16-5-7-12-9(15-13-7)6-4-11-14(2)8(6)10/h4H,3,5,10H2,1-2H3. The number of aromatic nitrogens is 4. The highest BCUT2D eigenvalue weighted by Gasteiger charge is 2.14. The van der Waals surface area contributed by atoms with Gasteiger partial charge in [0.05, 0.1) is 11.9 Å². The molecule has 2 heterocycles. The molecule has 6 nitrogen and oxygen atoms in total. The van der Waals surface area contributed by atoms with Crippen LogP contribution in [0.1, 0.15) is 12.7 Å². The number of anilines is 1. The van der Waals surface area contributed by atoms with Gasteiger partial charge in [0.25, 0.3) is 5.89 Å². The molecule has 0 saturated carbocycles. The fourth-order valence-electron chi connectivity index (χ4n) is 1.23. The summed E-state index contributed by atoms with van der Waals surface area (Å²) in [7, 11) is 1.77. The van der Waals surface area contributed by atoms with Gasteiger partial charge in [0.1, 0.15) is 11.4 Å². The van der Waals surface area contributed by atoms with Gasteiger partial charge in [-0.1, -0.05) is 12.1 Å². The summed E-state index contributed by atoms with van der Waals surface area (Å²) in [5.74, 6) is 3.42. The summed E-state index contributed by atoms with van der Waals surface area (Å²) in [4.78, 5) is 4.26. The SMILES string of the molecule is CCSCc1noc(-c2cnn(C)c2N)n1. The Labute approximate surface area is 97.2 Å². The molecule has 0 aliphatic carbocycles. The molecular formula is C9H13N5OS. The molecule has 7 heteroatoms. The quantitative estimate of drug-likeness (QED) is 0.866. The Morgan fingerprint density at radius 1 is 1.56 bits per heavy atom. The van der Waals surface area contributed by atoms with Crippen molar-refractivity contribution in [2.24, 2.45) is 7.05 Å². The molecule has 0 aliphatic rings. The molecule has 0 bridgehead atoms. The van der Waals surface area contributed by atoms with Crippen LogP contribution in [-0.4, -0.2) is 25.7 Å². The summed E-state index contributed by atoms with van der Waals surface area (Å²) in [6.45, 7) is 2.09. The number of hydrogen-bond donors (Lipinski definition) is 1. The highest BCUT2D eigenvalue weighted by atomic mass is 32.2. The van der Waals surface area contributed by atoms with Crippen molar-refractivity contribution in [3.05, 3.63) is 12.0 Å². The van der Waals surface area contributed by atoms with Crippen molar-refractivity contribution in [2.45, 2.75) is 12.7 Å². The Morgan fingerprint density at radius 3 is 3.00 bits per heavy atom. The number of rotatable bonds is 4. The van der Waals surface area contributed by atoms with Crippen molar-refractivity contribution in [1.29, 1.82) is 0 Å². The smallest absolute Gasteiger partial charge is 0.263 e. The van der Waals surface area contributed by atoms with Gasteiger partial charge in [-0.25, -0.2) is 0 Å². The summed E-state index contributed by atoms with van der Waals surface area (Å²) < 4.78 is 6.70. The number of nitrogens with two attached hydrogens (primary N) is 1. The predicted octanol–water partition coefficient (Wildman–Crippen LogP) is 1.31. The van der Waals surface area contributed by atoms with Gasteiger partial charge in [0.15, 0.2) is 5.82 Å². The third-order valence-corrected chi connectivity index (χ3v) is 2.99. The number of nitrogen functional groups attached to an aromatic ring is 1. The summed E-state index contributed by atoms with van der Waals surface area (Å²) in [6, 6.07) is 0. The third-order valence-electron chi connectivity index (χ3n) is 2.12. The molecule has 16 heavy (non-hydrogen) atoms. The molecule has 0 amide bonds. The van der Waals surface area contributed by atoms with Gasteiger partial charge in [-0.05, 0) is 5.75 Å². The first-order valence-corrected chi connectivity index (χ1v) is 6.06. The van der Waals surface area contributed by atoms with Crippen molar-refractivity contribution in [3.8, 4) is 11.5 Å². The molecule has 0 unspecified atom stereocenters. The Balaban J connectivity index is 2.21. The second-order valence-corrected chi connectivity index (χ2v) is 4.49. The van der Waals surface area contributed by atoms with Crippen molar-refractivity contribution < 1.29 is 4.52 Å². The number of thioether (sulfide) groups is 1. The van der Waals surface area contributed by atoms with E-state index in [1.807, 2.05) is 0 Å². The van der Waals surface area contributed by atoms with E-state index in [4.69, 9.17) is 10.3 Å². The van der Waals surface area contributed by atoms with Crippen LogP contribution in [0.3, 0.4) is 0 Å². The Hall–Kier alpha value is -1.50. The molecule has 0 aromatic carbocycles. The zero-order valence-electron chi connectivity index (χ0n) is 9.17. The third kappa shape index (κ3) is 2.04. The van der Waals surface area contributed by atoms with E-state index in [0.717, 1.165) is 11.5 Å². The molecule has 2 N–H and O–H groups in total. The molecule has 0 fully saturated rings. The summed E-state index contributed by atoms with van der Waals surface area (Å²) >= 11 is 1.74. The van der Waals surface area contributed by atoms with Crippen molar-refractivity contribution >= 4 is 17.6 Å². The molecule has 86 valence electrons. The lowest BCUT2D eigenvalue weighted by Crippen LogP contribution is -1.98. The molecule has 2 rings (SSSR count). The molecular weight excluding hydrogens is 226 g/mol. The summed E-state index contributed by atoms with van der Waals surface area (Å²) in [5.41, 5.74) is 6.49. The van der Waals surface area contributed by atoms with E-state index in [-0.39, 0.29) is 0 Å². The minimum absolute atomic E-state index is 0.428. The van der Waals surface area contributed by atoms with Crippen LogP contribution in [0.5, 0.6) is 0 Å². The zero-order chi connectivity index (χ0) is 11.5. The van der Waals surface area contributed by atoms with Crippen LogP contribution in [0.15, 0.2) is 10.7 Å². The van der Waals surface area contributed by atoms with Crippen molar-refractivity contribution in [1.82, 2.24) is 19.9 Å². The van der Waals surface area contributed by atoms with Gasteiger partial charge in [-0.15, -0.1) is 0 Å². The lowest BCUT2D eigenvalue weighted by atomic mass is 10.3. The Kier molecular flexibility index (Phi) is 3.14.